The lowest BCUT2D eigenvalue weighted by molar-refractivity contribution is 0.0594. The van der Waals surface area contributed by atoms with E-state index in [0.29, 0.717) is 0 Å². The molecule has 0 saturated heterocycles. The Kier molecular flexibility index (Phi) is 2.52. The van der Waals surface area contributed by atoms with Crippen LogP contribution in [0.2, 0.25) is 0 Å². The molecule has 0 unspecified atom stereocenters. The van der Waals surface area contributed by atoms with Gasteiger partial charge in [-0.2, -0.15) is 0 Å². The molecule has 18 heavy (non-hydrogen) atoms. The summed E-state index contributed by atoms with van der Waals surface area (Å²) < 4.78 is 7.37. The summed E-state index contributed by atoms with van der Waals surface area (Å²) in [5.41, 5.74) is 1.90. The maximum absolute atomic E-state index is 11.5. The fourth-order valence-electron chi connectivity index (χ4n) is 1.87. The normalized spacial score (nSPS) is 11.0. The summed E-state index contributed by atoms with van der Waals surface area (Å²) in [6.07, 6.45) is 3.29. The molecule has 3 rings (SSSR count). The largest absolute Gasteiger partial charge is 0.464 e. The van der Waals surface area contributed by atoms with Crippen molar-refractivity contribution in [2.45, 2.75) is 0 Å². The van der Waals surface area contributed by atoms with Gasteiger partial charge in [0, 0.05) is 11.6 Å². The number of methoxy groups -OCH3 is 1. The Balaban J connectivity index is 2.38. The Bertz CT molecular complexity index is 766. The van der Waals surface area contributed by atoms with E-state index < -0.39 is 5.97 Å². The van der Waals surface area contributed by atoms with Crippen LogP contribution in [0.1, 0.15) is 10.5 Å². The molecular formula is C12H8BrN3O2. The highest BCUT2D eigenvalue weighted by molar-refractivity contribution is 9.10. The first-order chi connectivity index (χ1) is 8.72. The number of pyridine rings is 1. The van der Waals surface area contributed by atoms with Crippen molar-refractivity contribution in [3.05, 3.63) is 40.9 Å². The maximum Gasteiger partial charge on any atom is 0.356 e. The molecule has 3 aromatic heterocycles. The van der Waals surface area contributed by atoms with E-state index in [9.17, 15) is 4.79 Å². The average molecular weight is 306 g/mol. The van der Waals surface area contributed by atoms with Crippen molar-refractivity contribution < 1.29 is 9.53 Å². The molecule has 0 aliphatic carbocycles. The molecule has 0 saturated carbocycles. The number of hydrogen-bond donors (Lipinski definition) is 0. The van der Waals surface area contributed by atoms with Gasteiger partial charge >= 0.3 is 5.97 Å². The van der Waals surface area contributed by atoms with Gasteiger partial charge in [-0.3, -0.25) is 4.40 Å². The molecule has 0 aliphatic rings. The van der Waals surface area contributed by atoms with Crippen molar-refractivity contribution in [1.29, 1.82) is 0 Å². The van der Waals surface area contributed by atoms with Gasteiger partial charge in [0.2, 0.25) is 0 Å². The summed E-state index contributed by atoms with van der Waals surface area (Å²) in [6, 6.07) is 5.50. The van der Waals surface area contributed by atoms with E-state index in [2.05, 4.69) is 30.6 Å². The minimum absolute atomic E-state index is 0.272. The Morgan fingerprint density at radius 1 is 1.44 bits per heavy atom. The molecule has 3 heterocycles. The van der Waals surface area contributed by atoms with Gasteiger partial charge in [0.1, 0.15) is 12.0 Å². The van der Waals surface area contributed by atoms with Crippen molar-refractivity contribution in [1.82, 2.24) is 14.4 Å². The van der Waals surface area contributed by atoms with Gasteiger partial charge in [0.25, 0.3) is 0 Å². The summed E-state index contributed by atoms with van der Waals surface area (Å²) in [7, 11) is 1.33. The zero-order valence-corrected chi connectivity index (χ0v) is 11.0. The molecule has 0 bridgehead atoms. The molecule has 0 amide bonds. The number of halogens is 1. The smallest absolute Gasteiger partial charge is 0.356 e. The van der Waals surface area contributed by atoms with Gasteiger partial charge in [-0.25, -0.2) is 14.8 Å². The zero-order valence-electron chi connectivity index (χ0n) is 9.42. The van der Waals surface area contributed by atoms with E-state index in [1.54, 1.807) is 18.6 Å². The molecule has 90 valence electrons. The summed E-state index contributed by atoms with van der Waals surface area (Å²) >= 11 is 3.52. The zero-order chi connectivity index (χ0) is 12.7. The summed E-state index contributed by atoms with van der Waals surface area (Å²) in [4.78, 5) is 19.8. The third-order valence-electron chi connectivity index (χ3n) is 2.72. The van der Waals surface area contributed by atoms with Gasteiger partial charge in [-0.1, -0.05) is 0 Å². The second kappa shape index (κ2) is 4.06. The lowest BCUT2D eigenvalue weighted by Crippen LogP contribution is -2.05. The fourth-order valence-corrected chi connectivity index (χ4v) is 2.49. The van der Waals surface area contributed by atoms with Crippen LogP contribution in [0.3, 0.4) is 0 Å². The summed E-state index contributed by atoms with van der Waals surface area (Å²) in [5, 5.41) is 0.973. The maximum atomic E-state index is 11.5. The molecule has 0 aromatic carbocycles. The van der Waals surface area contributed by atoms with E-state index in [1.165, 1.54) is 7.11 Å². The van der Waals surface area contributed by atoms with Crippen LogP contribution in [0.5, 0.6) is 0 Å². The number of rotatable bonds is 1. The Hall–Kier alpha value is -1.95. The third kappa shape index (κ3) is 1.49. The molecule has 0 N–H and O–H groups in total. The van der Waals surface area contributed by atoms with Gasteiger partial charge in [-0.15, -0.1) is 0 Å². The predicted molar refractivity (Wildman–Crippen MR) is 69.5 cm³/mol. The first kappa shape index (κ1) is 11.2. The minimum Gasteiger partial charge on any atom is -0.464 e. The second-order valence-electron chi connectivity index (χ2n) is 3.71. The van der Waals surface area contributed by atoms with Gasteiger partial charge < -0.3 is 4.74 Å². The minimum atomic E-state index is -0.456. The van der Waals surface area contributed by atoms with Crippen LogP contribution in [0, 0.1) is 0 Å². The molecule has 0 aliphatic heterocycles. The predicted octanol–water partition coefficient (Wildman–Crippen LogP) is 2.43. The molecule has 0 radical (unpaired) electrons. The molecular weight excluding hydrogens is 298 g/mol. The number of ether oxygens (including phenoxy) is 1. The number of nitrogens with zero attached hydrogens (tertiary/aromatic N) is 3. The molecule has 0 atom stereocenters. The lowest BCUT2D eigenvalue weighted by atomic mass is 10.3. The quantitative estimate of drug-likeness (QED) is 0.648. The molecule has 5 nitrogen and oxygen atoms in total. The number of carbonyl (C=O) groups is 1. The van der Waals surface area contributed by atoms with Crippen LogP contribution >= 0.6 is 15.9 Å². The van der Waals surface area contributed by atoms with Crippen molar-refractivity contribution in [2.75, 3.05) is 7.11 Å². The highest BCUT2D eigenvalue weighted by Gasteiger charge is 2.14. The van der Waals surface area contributed by atoms with Crippen LogP contribution in [0.4, 0.5) is 0 Å². The van der Waals surface area contributed by atoms with Gasteiger partial charge in [0.05, 0.1) is 17.1 Å². The van der Waals surface area contributed by atoms with Crippen LogP contribution < -0.4 is 0 Å². The topological polar surface area (TPSA) is 56.5 Å². The van der Waals surface area contributed by atoms with Gasteiger partial charge in [0.15, 0.2) is 5.69 Å². The second-order valence-corrected chi connectivity index (χ2v) is 4.50. The summed E-state index contributed by atoms with van der Waals surface area (Å²) in [6.45, 7) is 0. The fraction of sp³-hybridized carbons (Fsp3) is 0.0833. The Morgan fingerprint density at radius 2 is 2.28 bits per heavy atom. The number of aromatic nitrogens is 3. The molecule has 0 spiro atoms. The average Bonchev–Trinajstić information content (AvgIpc) is 2.72. The number of hydrogen-bond acceptors (Lipinski definition) is 4. The first-order valence-electron chi connectivity index (χ1n) is 5.21. The van der Waals surface area contributed by atoms with E-state index in [-0.39, 0.29) is 5.69 Å². The van der Waals surface area contributed by atoms with Crippen molar-refractivity contribution in [2.24, 2.45) is 0 Å². The van der Waals surface area contributed by atoms with E-state index in [1.807, 2.05) is 16.5 Å². The van der Waals surface area contributed by atoms with Crippen molar-refractivity contribution >= 4 is 38.4 Å². The van der Waals surface area contributed by atoms with Gasteiger partial charge in [-0.05, 0) is 34.1 Å². The highest BCUT2D eigenvalue weighted by Crippen LogP contribution is 2.29. The lowest BCUT2D eigenvalue weighted by Gasteiger charge is -2.00. The van der Waals surface area contributed by atoms with Crippen LogP contribution in [-0.2, 0) is 4.74 Å². The van der Waals surface area contributed by atoms with Crippen molar-refractivity contribution in [3.8, 4) is 0 Å². The summed E-state index contributed by atoms with van der Waals surface area (Å²) in [5.74, 6) is -0.456. The Labute approximate surface area is 111 Å². The molecule has 6 heteroatoms. The van der Waals surface area contributed by atoms with E-state index in [0.717, 1.165) is 21.0 Å². The molecule has 3 aromatic rings. The number of carbonyl (C=O) groups excluding carboxylic acids is 1. The SMILES string of the molecule is COC(=O)c1cc2c(Br)c3cccnc3n2cn1. The number of fused-ring (bicyclic) bond motifs is 3. The number of esters is 1. The standard InChI is InChI=1S/C12H8BrN3O2/c1-18-12(17)8-5-9-10(13)7-3-2-4-14-11(7)16(9)6-15-8/h2-6H,1H3. The first-order valence-corrected chi connectivity index (χ1v) is 6.00. The van der Waals surface area contributed by atoms with E-state index >= 15 is 0 Å². The van der Waals surface area contributed by atoms with Crippen molar-refractivity contribution in [3.63, 3.8) is 0 Å². The van der Waals surface area contributed by atoms with Crippen LogP contribution in [0.25, 0.3) is 16.6 Å². The molecule has 0 fully saturated rings. The van der Waals surface area contributed by atoms with Crippen LogP contribution in [-0.4, -0.2) is 27.4 Å². The van der Waals surface area contributed by atoms with E-state index in [4.69, 9.17) is 0 Å². The highest BCUT2D eigenvalue weighted by atomic mass is 79.9. The Morgan fingerprint density at radius 3 is 3.06 bits per heavy atom. The monoisotopic (exact) mass is 305 g/mol. The van der Waals surface area contributed by atoms with Crippen LogP contribution in [0.15, 0.2) is 35.2 Å². The third-order valence-corrected chi connectivity index (χ3v) is 3.55.